The highest BCUT2D eigenvalue weighted by Gasteiger charge is 2.25. The largest absolute Gasteiger partial charge is 0.377 e. The lowest BCUT2D eigenvalue weighted by Crippen LogP contribution is -2.46. The molecule has 140 valence electrons. The highest BCUT2D eigenvalue weighted by molar-refractivity contribution is 7.87. The molecular formula is C13H24N2O8S. The molecule has 0 bridgehead atoms. The van der Waals surface area contributed by atoms with E-state index in [1.165, 1.54) is 0 Å². The number of hydrogen-bond acceptors (Lipinski definition) is 8. The van der Waals surface area contributed by atoms with Gasteiger partial charge in [0, 0.05) is 6.54 Å². The maximum absolute atomic E-state index is 11.2. The number of nitrogens with one attached hydrogen (secondary N) is 1. The molecule has 0 aromatic heterocycles. The van der Waals surface area contributed by atoms with Gasteiger partial charge in [0.05, 0.1) is 46.2 Å². The summed E-state index contributed by atoms with van der Waals surface area (Å²) in [6.45, 7) is 2.80. The maximum atomic E-state index is 11.2. The Balaban J connectivity index is 3.32. The van der Waals surface area contributed by atoms with Gasteiger partial charge in [0.15, 0.2) is 0 Å². The second-order valence-corrected chi connectivity index (χ2v) is 5.86. The highest BCUT2D eigenvalue weighted by Crippen LogP contribution is 1.90. The van der Waals surface area contributed by atoms with Gasteiger partial charge in [-0.1, -0.05) is 5.92 Å². The third kappa shape index (κ3) is 13.2. The molecule has 0 radical (unpaired) electrons. The van der Waals surface area contributed by atoms with E-state index in [9.17, 15) is 13.2 Å². The van der Waals surface area contributed by atoms with Gasteiger partial charge in [-0.15, -0.1) is 6.42 Å². The number of ether oxygens (including phenoxy) is 4. The van der Waals surface area contributed by atoms with E-state index >= 15 is 0 Å². The lowest BCUT2D eigenvalue weighted by molar-refractivity contribution is -0.121. The third-order valence-corrected chi connectivity index (χ3v) is 3.28. The minimum atomic E-state index is -4.59. The van der Waals surface area contributed by atoms with E-state index in [0.29, 0.717) is 39.6 Å². The molecule has 0 fully saturated rings. The average Bonchev–Trinajstić information content (AvgIpc) is 2.53. The monoisotopic (exact) mass is 368 g/mol. The number of carbonyl (C=O) groups is 1. The second kappa shape index (κ2) is 14.1. The van der Waals surface area contributed by atoms with Crippen molar-refractivity contribution in [2.24, 2.45) is 5.73 Å². The van der Waals surface area contributed by atoms with Crippen molar-refractivity contribution in [2.45, 2.75) is 5.37 Å². The fourth-order valence-electron chi connectivity index (χ4n) is 1.27. The summed E-state index contributed by atoms with van der Waals surface area (Å²) in [6, 6.07) is 0. The number of nitrogens with two attached hydrogens (primary N) is 1. The van der Waals surface area contributed by atoms with E-state index in [1.807, 2.05) is 0 Å². The molecule has 0 saturated heterocycles. The second-order valence-electron chi connectivity index (χ2n) is 4.32. The lowest BCUT2D eigenvalue weighted by Gasteiger charge is -2.10. The van der Waals surface area contributed by atoms with E-state index in [4.69, 9.17) is 35.7 Å². The summed E-state index contributed by atoms with van der Waals surface area (Å²) < 4.78 is 50.4. The first-order chi connectivity index (χ1) is 11.4. The zero-order valence-corrected chi connectivity index (χ0v) is 14.1. The SMILES string of the molecule is C#CCOCCOCCOCCOCCNC(=O)[C@@H](N)S(=O)(=O)O. The van der Waals surface area contributed by atoms with E-state index in [-0.39, 0.29) is 19.8 Å². The van der Waals surface area contributed by atoms with Gasteiger partial charge in [-0.2, -0.15) is 8.42 Å². The van der Waals surface area contributed by atoms with E-state index in [1.54, 1.807) is 0 Å². The van der Waals surface area contributed by atoms with Crippen LogP contribution in [0.15, 0.2) is 0 Å². The van der Waals surface area contributed by atoms with Gasteiger partial charge in [-0.05, 0) is 0 Å². The predicted molar refractivity (Wildman–Crippen MR) is 84.6 cm³/mol. The van der Waals surface area contributed by atoms with Crippen LogP contribution in [-0.2, 0) is 33.9 Å². The summed E-state index contributed by atoms with van der Waals surface area (Å²) in [5, 5.41) is 0.214. The highest BCUT2D eigenvalue weighted by atomic mass is 32.2. The molecule has 0 aromatic carbocycles. The number of amides is 1. The first-order valence-corrected chi connectivity index (χ1v) is 8.64. The molecule has 1 atom stereocenters. The molecule has 1 amide bonds. The van der Waals surface area contributed by atoms with Gasteiger partial charge in [-0.3, -0.25) is 9.35 Å². The zero-order chi connectivity index (χ0) is 18.3. The first-order valence-electron chi connectivity index (χ1n) is 7.13. The zero-order valence-electron chi connectivity index (χ0n) is 13.3. The van der Waals surface area contributed by atoms with Crippen LogP contribution in [0, 0.1) is 12.3 Å². The van der Waals surface area contributed by atoms with Crippen LogP contribution in [0.5, 0.6) is 0 Å². The van der Waals surface area contributed by atoms with Crippen LogP contribution < -0.4 is 11.1 Å². The van der Waals surface area contributed by atoms with Crippen molar-refractivity contribution in [3.8, 4) is 12.3 Å². The molecule has 0 saturated carbocycles. The molecule has 0 heterocycles. The Hall–Kier alpha value is -1.26. The summed E-state index contributed by atoms with van der Waals surface area (Å²) in [4.78, 5) is 11.2. The van der Waals surface area contributed by atoms with Crippen LogP contribution in [0.1, 0.15) is 0 Å². The average molecular weight is 368 g/mol. The van der Waals surface area contributed by atoms with Gasteiger partial charge < -0.3 is 30.0 Å². The summed E-state index contributed by atoms with van der Waals surface area (Å²) in [5.74, 6) is 1.34. The molecule has 0 aliphatic heterocycles. The number of rotatable bonds is 15. The van der Waals surface area contributed by atoms with E-state index < -0.39 is 21.4 Å². The van der Waals surface area contributed by atoms with Crippen molar-refractivity contribution in [1.29, 1.82) is 0 Å². The van der Waals surface area contributed by atoms with Crippen molar-refractivity contribution in [3.05, 3.63) is 0 Å². The van der Waals surface area contributed by atoms with Crippen molar-refractivity contribution < 1.29 is 36.7 Å². The third-order valence-electron chi connectivity index (χ3n) is 2.43. The van der Waals surface area contributed by atoms with Crippen molar-refractivity contribution in [3.63, 3.8) is 0 Å². The molecule has 0 unspecified atom stereocenters. The topological polar surface area (TPSA) is 146 Å². The Morgan fingerprint density at radius 3 is 1.96 bits per heavy atom. The smallest absolute Gasteiger partial charge is 0.290 e. The molecule has 10 nitrogen and oxygen atoms in total. The molecular weight excluding hydrogens is 344 g/mol. The number of terminal acetylenes is 1. The van der Waals surface area contributed by atoms with E-state index in [2.05, 4.69) is 11.2 Å². The van der Waals surface area contributed by atoms with Gasteiger partial charge >= 0.3 is 0 Å². The Bertz CT molecular complexity index is 477. The lowest BCUT2D eigenvalue weighted by atomic mass is 10.5. The first kappa shape index (κ1) is 22.7. The van der Waals surface area contributed by atoms with Crippen LogP contribution in [-0.4, -0.2) is 83.7 Å². The van der Waals surface area contributed by atoms with Gasteiger partial charge in [0.2, 0.25) is 5.37 Å². The molecule has 0 aliphatic carbocycles. The summed E-state index contributed by atoms with van der Waals surface area (Å²) >= 11 is 0. The molecule has 0 aliphatic rings. The van der Waals surface area contributed by atoms with Gasteiger partial charge in [0.1, 0.15) is 6.61 Å². The molecule has 4 N–H and O–H groups in total. The quantitative estimate of drug-likeness (QED) is 0.169. The molecule has 0 rings (SSSR count). The molecule has 11 heteroatoms. The van der Waals surface area contributed by atoms with Crippen LogP contribution in [0.3, 0.4) is 0 Å². The van der Waals surface area contributed by atoms with Crippen molar-refractivity contribution >= 4 is 16.0 Å². The fraction of sp³-hybridized carbons (Fsp3) is 0.769. The van der Waals surface area contributed by atoms with Crippen LogP contribution in [0.4, 0.5) is 0 Å². The van der Waals surface area contributed by atoms with Gasteiger partial charge in [-0.25, -0.2) is 0 Å². The van der Waals surface area contributed by atoms with Crippen LogP contribution in [0.2, 0.25) is 0 Å². The minimum Gasteiger partial charge on any atom is -0.377 e. The Labute approximate surface area is 141 Å². The standard InChI is InChI=1S/C13H24N2O8S/c1-2-4-20-6-8-22-10-11-23-9-7-21-5-3-15-13(16)12(14)24(17,18)19/h1,12H,3-11,14H2,(H,15,16)(H,17,18,19)/t12-/m0/s1. The fourth-order valence-corrected chi connectivity index (χ4v) is 1.63. The summed E-state index contributed by atoms with van der Waals surface area (Å²) in [7, 11) is -4.59. The molecule has 0 spiro atoms. The Morgan fingerprint density at radius 1 is 1.04 bits per heavy atom. The predicted octanol–water partition coefficient (Wildman–Crippen LogP) is -2.03. The Kier molecular flexibility index (Phi) is 13.4. The summed E-state index contributed by atoms with van der Waals surface area (Å²) in [6.07, 6.45) is 5.00. The van der Waals surface area contributed by atoms with E-state index in [0.717, 1.165) is 0 Å². The summed E-state index contributed by atoms with van der Waals surface area (Å²) in [5.41, 5.74) is 5.01. The maximum Gasteiger partial charge on any atom is 0.290 e. The molecule has 24 heavy (non-hydrogen) atoms. The molecule has 0 aromatic rings. The van der Waals surface area contributed by atoms with Gasteiger partial charge in [0.25, 0.3) is 16.0 Å². The minimum absolute atomic E-state index is 0.0584. The van der Waals surface area contributed by atoms with Crippen molar-refractivity contribution in [2.75, 3.05) is 59.4 Å². The van der Waals surface area contributed by atoms with Crippen LogP contribution >= 0.6 is 0 Å². The Morgan fingerprint density at radius 2 is 1.50 bits per heavy atom. The normalized spacial score (nSPS) is 12.5. The number of carbonyl (C=O) groups excluding carboxylic acids is 1. The number of hydrogen-bond donors (Lipinski definition) is 3. The van der Waals surface area contributed by atoms with Crippen molar-refractivity contribution in [1.82, 2.24) is 5.32 Å². The van der Waals surface area contributed by atoms with Crippen LogP contribution in [0.25, 0.3) is 0 Å².